The van der Waals surface area contributed by atoms with Crippen molar-refractivity contribution in [1.82, 2.24) is 9.88 Å². The van der Waals surface area contributed by atoms with Crippen molar-refractivity contribution >= 4 is 28.4 Å². The third kappa shape index (κ3) is 3.70. The molecule has 4 nitrogen and oxygen atoms in total. The van der Waals surface area contributed by atoms with Crippen molar-refractivity contribution in [3.05, 3.63) is 70.6 Å². The number of H-pyrrole nitrogens is 1. The van der Waals surface area contributed by atoms with Gasteiger partial charge in [-0.05, 0) is 35.4 Å². The average molecular weight is 387 g/mol. The molecule has 1 aromatic heterocycles. The fourth-order valence-electron chi connectivity index (χ4n) is 3.66. The summed E-state index contributed by atoms with van der Waals surface area (Å²) in [6.07, 6.45) is 2.05. The summed E-state index contributed by atoms with van der Waals surface area (Å²) in [7, 11) is 0. The highest BCUT2D eigenvalue weighted by Gasteiger charge is 2.27. The highest BCUT2D eigenvalue weighted by Crippen LogP contribution is 2.36. The molecule has 1 atom stereocenters. The lowest BCUT2D eigenvalue weighted by atomic mass is 9.87. The Bertz CT molecular complexity index is 966. The van der Waals surface area contributed by atoms with Crippen molar-refractivity contribution in [2.75, 3.05) is 26.3 Å². The number of nitrogens with zero attached hydrogens (tertiary/aromatic N) is 1. The van der Waals surface area contributed by atoms with Crippen LogP contribution in [0, 0.1) is 5.82 Å². The molecule has 1 saturated heterocycles. The summed E-state index contributed by atoms with van der Waals surface area (Å²) in [4.78, 5) is 17.9. The Hall–Kier alpha value is -2.37. The predicted molar refractivity (Wildman–Crippen MR) is 104 cm³/mol. The quantitative estimate of drug-likeness (QED) is 0.724. The zero-order valence-corrected chi connectivity index (χ0v) is 15.5. The van der Waals surface area contributed by atoms with Gasteiger partial charge in [0.25, 0.3) is 0 Å². The van der Waals surface area contributed by atoms with Crippen LogP contribution in [-0.4, -0.2) is 42.1 Å². The van der Waals surface area contributed by atoms with E-state index in [1.54, 1.807) is 29.2 Å². The van der Waals surface area contributed by atoms with Gasteiger partial charge >= 0.3 is 0 Å². The number of hydrogen-bond acceptors (Lipinski definition) is 2. The predicted octanol–water partition coefficient (Wildman–Crippen LogP) is 4.34. The molecule has 0 unspecified atom stereocenters. The maximum atomic E-state index is 14.6. The standard InChI is InChI=1S/C21H20ClFN2O2/c22-14-5-6-20-17(11-14)18(13-24-20)16(15-3-1-2-4-19(15)23)12-21(26)25-7-9-27-10-8-25/h1-6,11,13,16,24H,7-10,12H2/t16-/m0/s1. The van der Waals surface area contributed by atoms with Crippen molar-refractivity contribution in [2.24, 2.45) is 0 Å². The number of halogens is 2. The second-order valence-electron chi connectivity index (χ2n) is 6.71. The second-order valence-corrected chi connectivity index (χ2v) is 7.14. The van der Waals surface area contributed by atoms with E-state index in [-0.39, 0.29) is 18.1 Å². The molecule has 0 bridgehead atoms. The maximum absolute atomic E-state index is 14.6. The number of fused-ring (bicyclic) bond motifs is 1. The molecule has 140 valence electrons. The molecule has 1 aliphatic heterocycles. The molecule has 0 saturated carbocycles. The SMILES string of the molecule is O=C(C[C@@H](c1ccccc1F)c1c[nH]c2ccc(Cl)cc12)N1CCOCC1. The summed E-state index contributed by atoms with van der Waals surface area (Å²) in [6.45, 7) is 2.22. The third-order valence-electron chi connectivity index (χ3n) is 5.07. The summed E-state index contributed by atoms with van der Waals surface area (Å²) < 4.78 is 20.0. The van der Waals surface area contributed by atoms with Crippen LogP contribution in [0.15, 0.2) is 48.7 Å². The lowest BCUT2D eigenvalue weighted by Crippen LogP contribution is -2.41. The van der Waals surface area contributed by atoms with Crippen LogP contribution in [0.4, 0.5) is 4.39 Å². The Morgan fingerprint density at radius 1 is 1.19 bits per heavy atom. The van der Waals surface area contributed by atoms with E-state index in [0.29, 0.717) is 36.9 Å². The lowest BCUT2D eigenvalue weighted by molar-refractivity contribution is -0.135. The van der Waals surface area contributed by atoms with E-state index in [1.807, 2.05) is 18.3 Å². The molecule has 1 amide bonds. The van der Waals surface area contributed by atoms with Gasteiger partial charge in [-0.2, -0.15) is 0 Å². The molecule has 1 N–H and O–H groups in total. The molecule has 2 aromatic carbocycles. The van der Waals surface area contributed by atoms with Gasteiger partial charge < -0.3 is 14.6 Å². The van der Waals surface area contributed by atoms with Crippen LogP contribution in [0.5, 0.6) is 0 Å². The van der Waals surface area contributed by atoms with Gasteiger partial charge in [0.05, 0.1) is 13.2 Å². The van der Waals surface area contributed by atoms with Crippen LogP contribution in [0.25, 0.3) is 10.9 Å². The van der Waals surface area contributed by atoms with Gasteiger partial charge in [0.2, 0.25) is 5.91 Å². The average Bonchev–Trinajstić information content (AvgIpc) is 3.10. The Morgan fingerprint density at radius 2 is 1.96 bits per heavy atom. The topological polar surface area (TPSA) is 45.3 Å². The van der Waals surface area contributed by atoms with E-state index in [4.69, 9.17) is 16.3 Å². The van der Waals surface area contributed by atoms with Crippen molar-refractivity contribution in [2.45, 2.75) is 12.3 Å². The van der Waals surface area contributed by atoms with Crippen LogP contribution < -0.4 is 0 Å². The molecule has 1 fully saturated rings. The van der Waals surface area contributed by atoms with E-state index >= 15 is 0 Å². The smallest absolute Gasteiger partial charge is 0.223 e. The van der Waals surface area contributed by atoms with E-state index in [9.17, 15) is 9.18 Å². The Labute approximate surface area is 161 Å². The number of hydrogen-bond donors (Lipinski definition) is 1. The summed E-state index contributed by atoms with van der Waals surface area (Å²) >= 11 is 6.18. The molecular weight excluding hydrogens is 367 g/mol. The van der Waals surface area contributed by atoms with E-state index in [2.05, 4.69) is 4.98 Å². The van der Waals surface area contributed by atoms with Crippen LogP contribution in [0.2, 0.25) is 5.02 Å². The van der Waals surface area contributed by atoms with Crippen LogP contribution in [-0.2, 0) is 9.53 Å². The molecule has 1 aliphatic rings. The fraction of sp³-hybridized carbons (Fsp3) is 0.286. The first kappa shape index (κ1) is 18.0. The van der Waals surface area contributed by atoms with Gasteiger partial charge in [0.15, 0.2) is 0 Å². The molecule has 0 spiro atoms. The molecule has 4 rings (SSSR count). The normalized spacial score (nSPS) is 15.9. The molecule has 0 aliphatic carbocycles. The highest BCUT2D eigenvalue weighted by atomic mass is 35.5. The van der Waals surface area contributed by atoms with E-state index < -0.39 is 5.92 Å². The number of amides is 1. The largest absolute Gasteiger partial charge is 0.378 e. The van der Waals surface area contributed by atoms with Gasteiger partial charge in [0, 0.05) is 47.6 Å². The molecule has 6 heteroatoms. The summed E-state index contributed by atoms with van der Waals surface area (Å²) in [5.41, 5.74) is 2.30. The first-order valence-corrected chi connectivity index (χ1v) is 9.38. The maximum Gasteiger partial charge on any atom is 0.223 e. The zero-order chi connectivity index (χ0) is 18.8. The number of nitrogens with one attached hydrogen (secondary N) is 1. The number of ether oxygens (including phenoxy) is 1. The van der Waals surface area contributed by atoms with Gasteiger partial charge in [-0.15, -0.1) is 0 Å². The van der Waals surface area contributed by atoms with Crippen molar-refractivity contribution in [3.63, 3.8) is 0 Å². The highest BCUT2D eigenvalue weighted by molar-refractivity contribution is 6.31. The van der Waals surface area contributed by atoms with Crippen LogP contribution in [0.1, 0.15) is 23.5 Å². The van der Waals surface area contributed by atoms with Gasteiger partial charge in [-0.25, -0.2) is 4.39 Å². The van der Waals surface area contributed by atoms with Gasteiger partial charge in [-0.3, -0.25) is 4.79 Å². The summed E-state index contributed by atoms with van der Waals surface area (Å²) in [6, 6.07) is 12.2. The Balaban J connectivity index is 1.75. The number of aromatic nitrogens is 1. The molecular formula is C21H20ClFN2O2. The van der Waals surface area contributed by atoms with Gasteiger partial charge in [-0.1, -0.05) is 29.8 Å². The monoisotopic (exact) mass is 386 g/mol. The van der Waals surface area contributed by atoms with Crippen molar-refractivity contribution in [1.29, 1.82) is 0 Å². The number of rotatable bonds is 4. The molecule has 0 radical (unpaired) electrons. The first-order chi connectivity index (χ1) is 13.1. The zero-order valence-electron chi connectivity index (χ0n) is 14.8. The van der Waals surface area contributed by atoms with Gasteiger partial charge in [0.1, 0.15) is 5.82 Å². The fourth-order valence-corrected chi connectivity index (χ4v) is 3.84. The lowest BCUT2D eigenvalue weighted by Gasteiger charge is -2.28. The summed E-state index contributed by atoms with van der Waals surface area (Å²) in [5, 5.41) is 1.51. The summed E-state index contributed by atoms with van der Waals surface area (Å²) in [5.74, 6) is -0.703. The molecule has 3 aromatic rings. The Kier molecular flexibility index (Phi) is 5.14. The van der Waals surface area contributed by atoms with Crippen molar-refractivity contribution < 1.29 is 13.9 Å². The minimum Gasteiger partial charge on any atom is -0.378 e. The third-order valence-corrected chi connectivity index (χ3v) is 5.31. The first-order valence-electron chi connectivity index (χ1n) is 9.00. The van der Waals surface area contributed by atoms with Crippen molar-refractivity contribution in [3.8, 4) is 0 Å². The van der Waals surface area contributed by atoms with E-state index in [1.165, 1.54) is 6.07 Å². The number of aromatic amines is 1. The minimum absolute atomic E-state index is 0.00271. The number of carbonyl (C=O) groups is 1. The number of carbonyl (C=O) groups excluding carboxylic acids is 1. The van der Waals surface area contributed by atoms with Crippen LogP contribution in [0.3, 0.4) is 0 Å². The van der Waals surface area contributed by atoms with E-state index in [0.717, 1.165) is 16.5 Å². The van der Waals surface area contributed by atoms with Crippen LogP contribution >= 0.6 is 11.6 Å². The number of benzene rings is 2. The number of morpholine rings is 1. The second kappa shape index (κ2) is 7.71. The minimum atomic E-state index is -0.395. The Morgan fingerprint density at radius 3 is 2.74 bits per heavy atom. The molecule has 27 heavy (non-hydrogen) atoms. The molecule has 2 heterocycles.